The lowest BCUT2D eigenvalue weighted by Gasteiger charge is -2.05. The van der Waals surface area contributed by atoms with E-state index >= 15 is 0 Å². The van der Waals surface area contributed by atoms with Crippen molar-refractivity contribution in [1.82, 2.24) is 10.3 Å². The van der Waals surface area contributed by atoms with Crippen molar-refractivity contribution in [3.63, 3.8) is 0 Å². The fourth-order valence-corrected chi connectivity index (χ4v) is 2.75. The number of carbonyl (C=O) groups excluding carboxylic acids is 1. The predicted molar refractivity (Wildman–Crippen MR) is 77.2 cm³/mol. The highest BCUT2D eigenvalue weighted by molar-refractivity contribution is 9.11. The summed E-state index contributed by atoms with van der Waals surface area (Å²) in [7, 11) is 0. The van der Waals surface area contributed by atoms with E-state index in [-0.39, 0.29) is 5.91 Å². The Morgan fingerprint density at radius 3 is 2.50 bits per heavy atom. The number of nitrogens with one attached hydrogen (secondary N) is 1. The second-order valence-corrected chi connectivity index (χ2v) is 5.49. The van der Waals surface area contributed by atoms with E-state index in [9.17, 15) is 4.79 Å². The van der Waals surface area contributed by atoms with Gasteiger partial charge < -0.3 is 5.32 Å². The van der Waals surface area contributed by atoms with Gasteiger partial charge in [0.15, 0.2) is 0 Å². The van der Waals surface area contributed by atoms with Gasteiger partial charge in [0.05, 0.1) is 12.2 Å². The molecule has 0 aliphatic rings. The Labute approximate surface area is 122 Å². The molecular weight excluding hydrogens is 360 g/mol. The second-order valence-electron chi connectivity index (χ2n) is 3.66. The molecule has 2 aromatic rings. The van der Waals surface area contributed by atoms with Gasteiger partial charge in [0.25, 0.3) is 5.91 Å². The molecule has 1 heterocycles. The van der Waals surface area contributed by atoms with Crippen LogP contribution in [0.5, 0.6) is 0 Å². The van der Waals surface area contributed by atoms with Crippen LogP contribution in [0.3, 0.4) is 0 Å². The molecule has 0 fully saturated rings. The SMILES string of the molecule is O=C(NCc1ccccn1)c1cc(Br)cc(Br)c1. The summed E-state index contributed by atoms with van der Waals surface area (Å²) in [4.78, 5) is 16.1. The van der Waals surface area contributed by atoms with Gasteiger partial charge in [0.2, 0.25) is 0 Å². The highest BCUT2D eigenvalue weighted by Crippen LogP contribution is 2.20. The van der Waals surface area contributed by atoms with Gasteiger partial charge in [-0.05, 0) is 30.3 Å². The van der Waals surface area contributed by atoms with Crippen LogP contribution in [0.2, 0.25) is 0 Å². The molecule has 1 aromatic heterocycles. The number of pyridine rings is 1. The molecule has 0 aliphatic heterocycles. The van der Waals surface area contributed by atoms with Crippen molar-refractivity contribution in [3.05, 3.63) is 62.8 Å². The van der Waals surface area contributed by atoms with E-state index in [0.717, 1.165) is 14.6 Å². The highest BCUT2D eigenvalue weighted by atomic mass is 79.9. The summed E-state index contributed by atoms with van der Waals surface area (Å²) in [5.41, 5.74) is 1.44. The number of hydrogen-bond acceptors (Lipinski definition) is 2. The number of aromatic nitrogens is 1. The summed E-state index contributed by atoms with van der Waals surface area (Å²) in [5.74, 6) is -0.123. The third-order valence-corrected chi connectivity index (χ3v) is 3.20. The minimum Gasteiger partial charge on any atom is -0.346 e. The Morgan fingerprint density at radius 1 is 1.17 bits per heavy atom. The zero-order valence-corrected chi connectivity index (χ0v) is 12.5. The van der Waals surface area contributed by atoms with Gasteiger partial charge in [-0.1, -0.05) is 37.9 Å². The van der Waals surface area contributed by atoms with Crippen molar-refractivity contribution in [2.24, 2.45) is 0 Å². The zero-order valence-electron chi connectivity index (χ0n) is 9.36. The largest absolute Gasteiger partial charge is 0.346 e. The lowest BCUT2D eigenvalue weighted by molar-refractivity contribution is 0.0950. The summed E-state index contributed by atoms with van der Waals surface area (Å²) < 4.78 is 1.72. The maximum Gasteiger partial charge on any atom is 0.251 e. The Balaban J connectivity index is 2.04. The molecule has 18 heavy (non-hydrogen) atoms. The summed E-state index contributed by atoms with van der Waals surface area (Å²) in [6.45, 7) is 0.420. The fraction of sp³-hybridized carbons (Fsp3) is 0.0769. The Bertz CT molecular complexity index is 538. The molecular formula is C13H10Br2N2O. The van der Waals surface area contributed by atoms with Crippen LogP contribution in [0, 0.1) is 0 Å². The van der Waals surface area contributed by atoms with Gasteiger partial charge in [-0.2, -0.15) is 0 Å². The summed E-state index contributed by atoms with van der Waals surface area (Å²) in [6.07, 6.45) is 1.71. The monoisotopic (exact) mass is 368 g/mol. The molecule has 0 atom stereocenters. The molecule has 0 bridgehead atoms. The molecule has 0 radical (unpaired) electrons. The van der Waals surface area contributed by atoms with Crippen LogP contribution >= 0.6 is 31.9 Å². The number of halogens is 2. The van der Waals surface area contributed by atoms with E-state index in [1.54, 1.807) is 18.3 Å². The van der Waals surface area contributed by atoms with Crippen molar-refractivity contribution < 1.29 is 4.79 Å². The molecule has 2 rings (SSSR count). The molecule has 3 nitrogen and oxygen atoms in total. The second kappa shape index (κ2) is 6.11. The number of benzene rings is 1. The van der Waals surface area contributed by atoms with Gasteiger partial charge in [-0.25, -0.2) is 0 Å². The first-order valence-electron chi connectivity index (χ1n) is 5.29. The van der Waals surface area contributed by atoms with E-state index < -0.39 is 0 Å². The summed E-state index contributed by atoms with van der Waals surface area (Å²) in [6, 6.07) is 11.0. The number of rotatable bonds is 3. The van der Waals surface area contributed by atoms with Crippen LogP contribution in [0.15, 0.2) is 51.5 Å². The van der Waals surface area contributed by atoms with E-state index in [0.29, 0.717) is 12.1 Å². The maximum absolute atomic E-state index is 11.9. The van der Waals surface area contributed by atoms with Gasteiger partial charge in [0.1, 0.15) is 0 Å². The maximum atomic E-state index is 11.9. The normalized spacial score (nSPS) is 10.1. The van der Waals surface area contributed by atoms with Crippen molar-refractivity contribution in [3.8, 4) is 0 Å². The van der Waals surface area contributed by atoms with Crippen LogP contribution < -0.4 is 5.32 Å². The van der Waals surface area contributed by atoms with Crippen molar-refractivity contribution in [2.75, 3.05) is 0 Å². The van der Waals surface area contributed by atoms with Crippen LogP contribution in [0.4, 0.5) is 0 Å². The lowest BCUT2D eigenvalue weighted by atomic mass is 10.2. The molecule has 0 saturated heterocycles. The van der Waals surface area contributed by atoms with Gasteiger partial charge in [-0.15, -0.1) is 0 Å². The van der Waals surface area contributed by atoms with E-state index in [1.807, 2.05) is 24.3 Å². The standard InChI is InChI=1S/C13H10Br2N2O/c14-10-5-9(6-11(15)7-10)13(18)17-8-12-3-1-2-4-16-12/h1-7H,8H2,(H,17,18). The van der Waals surface area contributed by atoms with Gasteiger partial charge in [-0.3, -0.25) is 9.78 Å². The fourth-order valence-electron chi connectivity index (χ4n) is 1.46. The third-order valence-electron chi connectivity index (χ3n) is 2.28. The average molecular weight is 370 g/mol. The van der Waals surface area contributed by atoms with Crippen LogP contribution in [0.1, 0.15) is 16.1 Å². The lowest BCUT2D eigenvalue weighted by Crippen LogP contribution is -2.23. The number of carbonyl (C=O) groups is 1. The predicted octanol–water partition coefficient (Wildman–Crippen LogP) is 3.54. The molecule has 1 amide bonds. The van der Waals surface area contributed by atoms with Gasteiger partial charge in [0, 0.05) is 20.7 Å². The number of amides is 1. The smallest absolute Gasteiger partial charge is 0.251 e. The summed E-state index contributed by atoms with van der Waals surface area (Å²) >= 11 is 6.71. The number of nitrogens with zero attached hydrogens (tertiary/aromatic N) is 1. The molecule has 1 aromatic carbocycles. The first kappa shape index (κ1) is 13.2. The Kier molecular flexibility index (Phi) is 4.49. The number of hydrogen-bond donors (Lipinski definition) is 1. The summed E-state index contributed by atoms with van der Waals surface area (Å²) in [5, 5.41) is 2.83. The van der Waals surface area contributed by atoms with Crippen LogP contribution in [-0.2, 0) is 6.54 Å². The quantitative estimate of drug-likeness (QED) is 0.899. The molecule has 0 spiro atoms. The van der Waals surface area contributed by atoms with Crippen molar-refractivity contribution in [1.29, 1.82) is 0 Å². The molecule has 1 N–H and O–H groups in total. The molecule has 5 heteroatoms. The molecule has 0 saturated carbocycles. The van der Waals surface area contributed by atoms with E-state index in [1.165, 1.54) is 0 Å². The highest BCUT2D eigenvalue weighted by Gasteiger charge is 2.07. The van der Waals surface area contributed by atoms with Crippen molar-refractivity contribution >= 4 is 37.8 Å². The van der Waals surface area contributed by atoms with Gasteiger partial charge >= 0.3 is 0 Å². The van der Waals surface area contributed by atoms with E-state index in [2.05, 4.69) is 42.2 Å². The molecule has 0 aliphatic carbocycles. The minimum atomic E-state index is -0.123. The molecule has 92 valence electrons. The average Bonchev–Trinajstić information content (AvgIpc) is 2.36. The first-order chi connectivity index (χ1) is 8.65. The molecule has 0 unspecified atom stereocenters. The Morgan fingerprint density at radius 2 is 1.89 bits per heavy atom. The van der Waals surface area contributed by atoms with Crippen molar-refractivity contribution in [2.45, 2.75) is 6.54 Å². The minimum absolute atomic E-state index is 0.123. The zero-order chi connectivity index (χ0) is 13.0. The van der Waals surface area contributed by atoms with E-state index in [4.69, 9.17) is 0 Å². The topological polar surface area (TPSA) is 42.0 Å². The third kappa shape index (κ3) is 3.65. The first-order valence-corrected chi connectivity index (χ1v) is 6.88. The van der Waals surface area contributed by atoms with Crippen LogP contribution in [-0.4, -0.2) is 10.9 Å². The van der Waals surface area contributed by atoms with Crippen LogP contribution in [0.25, 0.3) is 0 Å². The Hall–Kier alpha value is -1.20.